The minimum atomic E-state index is -0.918. The molecule has 0 amide bonds. The Labute approximate surface area is 139 Å². The lowest BCUT2D eigenvalue weighted by molar-refractivity contribution is 0.0685. The van der Waals surface area contributed by atoms with E-state index in [-0.39, 0.29) is 0 Å². The van der Waals surface area contributed by atoms with Gasteiger partial charge in [0.2, 0.25) is 0 Å². The summed E-state index contributed by atoms with van der Waals surface area (Å²) in [5, 5.41) is 10.1. The third kappa shape index (κ3) is 3.63. The molecule has 0 fully saturated rings. The highest BCUT2D eigenvalue weighted by molar-refractivity contribution is 6.30. The maximum Gasteiger partial charge on any atom is 0.352 e. The number of hydrogen-bond donors (Lipinski definition) is 1. The lowest BCUT2D eigenvalue weighted by atomic mass is 10.1. The molecule has 0 saturated carbocycles. The van der Waals surface area contributed by atoms with Crippen molar-refractivity contribution >= 4 is 17.6 Å². The minimum absolute atomic E-state index is 0.297. The summed E-state index contributed by atoms with van der Waals surface area (Å²) < 4.78 is 1.85. The number of aromatic nitrogens is 1. The summed E-state index contributed by atoms with van der Waals surface area (Å²) in [6, 6.07) is 21.0. The van der Waals surface area contributed by atoms with Crippen LogP contribution in [0.2, 0.25) is 5.02 Å². The van der Waals surface area contributed by atoms with Gasteiger partial charge in [-0.15, -0.1) is 0 Å². The summed E-state index contributed by atoms with van der Waals surface area (Å²) in [5.74, 6) is -0.918. The first-order valence-corrected chi connectivity index (χ1v) is 7.71. The molecule has 1 N–H and O–H groups in total. The predicted molar refractivity (Wildman–Crippen MR) is 91.2 cm³/mol. The van der Waals surface area contributed by atoms with Crippen molar-refractivity contribution in [1.29, 1.82) is 0 Å². The molecule has 0 aliphatic heterocycles. The molecule has 4 heteroatoms. The van der Waals surface area contributed by atoms with Gasteiger partial charge in [-0.2, -0.15) is 0 Å². The zero-order valence-corrected chi connectivity index (χ0v) is 13.2. The Morgan fingerprint density at radius 1 is 0.913 bits per heavy atom. The number of halogens is 1. The molecule has 23 heavy (non-hydrogen) atoms. The third-order valence-corrected chi connectivity index (χ3v) is 4.02. The number of hydrogen-bond acceptors (Lipinski definition) is 1. The van der Waals surface area contributed by atoms with Gasteiger partial charge in [0.1, 0.15) is 5.69 Å². The second-order valence-corrected chi connectivity index (χ2v) is 5.83. The Balaban J connectivity index is 1.94. The van der Waals surface area contributed by atoms with Crippen LogP contribution >= 0.6 is 11.6 Å². The van der Waals surface area contributed by atoms with Crippen LogP contribution in [-0.2, 0) is 13.0 Å². The van der Waals surface area contributed by atoms with Gasteiger partial charge in [0.25, 0.3) is 0 Å². The molecular weight excluding hydrogens is 310 g/mol. The fourth-order valence-corrected chi connectivity index (χ4v) is 2.74. The second kappa shape index (κ2) is 6.71. The minimum Gasteiger partial charge on any atom is -0.477 e. The molecule has 0 atom stereocenters. The van der Waals surface area contributed by atoms with E-state index in [1.165, 1.54) is 0 Å². The molecular formula is C19H16ClNO2. The van der Waals surface area contributed by atoms with Crippen LogP contribution in [0.1, 0.15) is 27.3 Å². The van der Waals surface area contributed by atoms with E-state index in [0.717, 1.165) is 16.8 Å². The zero-order valence-electron chi connectivity index (χ0n) is 12.4. The van der Waals surface area contributed by atoms with Crippen LogP contribution in [0.3, 0.4) is 0 Å². The van der Waals surface area contributed by atoms with Gasteiger partial charge >= 0.3 is 5.97 Å². The number of aromatic carboxylic acids is 1. The summed E-state index contributed by atoms with van der Waals surface area (Å²) in [6.45, 7) is 0.508. The molecule has 116 valence electrons. The predicted octanol–water partition coefficient (Wildman–Crippen LogP) is 4.48. The molecule has 0 radical (unpaired) electrons. The number of carboxylic acids is 1. The SMILES string of the molecule is O=C(O)c1ccc(Cc2ccccc2)n1Cc1ccc(Cl)cc1. The molecule has 2 aromatic carbocycles. The molecule has 3 nitrogen and oxygen atoms in total. The van der Waals surface area contributed by atoms with Gasteiger partial charge in [-0.3, -0.25) is 0 Å². The number of benzene rings is 2. The van der Waals surface area contributed by atoms with E-state index in [2.05, 4.69) is 0 Å². The molecule has 1 aromatic heterocycles. The molecule has 3 aromatic rings. The zero-order chi connectivity index (χ0) is 16.2. The lowest BCUT2D eigenvalue weighted by Gasteiger charge is -2.12. The van der Waals surface area contributed by atoms with Crippen molar-refractivity contribution in [1.82, 2.24) is 4.57 Å². The Morgan fingerprint density at radius 3 is 2.26 bits per heavy atom. The monoisotopic (exact) mass is 325 g/mol. The maximum atomic E-state index is 11.5. The molecule has 3 rings (SSSR count). The van der Waals surface area contributed by atoms with Crippen LogP contribution in [0.15, 0.2) is 66.7 Å². The molecule has 0 bridgehead atoms. The van der Waals surface area contributed by atoms with Gasteiger partial charge < -0.3 is 9.67 Å². The molecule has 0 aliphatic carbocycles. The van der Waals surface area contributed by atoms with E-state index in [4.69, 9.17) is 11.6 Å². The first-order valence-electron chi connectivity index (χ1n) is 7.33. The van der Waals surface area contributed by atoms with Gasteiger partial charge in [0.05, 0.1) is 0 Å². The summed E-state index contributed by atoms with van der Waals surface area (Å²) in [5.41, 5.74) is 3.44. The van der Waals surface area contributed by atoms with Gasteiger partial charge in [-0.05, 0) is 35.4 Å². The molecule has 0 unspecified atom stereocenters. The highest BCUT2D eigenvalue weighted by Crippen LogP contribution is 2.18. The largest absolute Gasteiger partial charge is 0.477 e. The van der Waals surface area contributed by atoms with E-state index in [1.807, 2.05) is 65.2 Å². The number of nitrogens with zero attached hydrogens (tertiary/aromatic N) is 1. The third-order valence-electron chi connectivity index (χ3n) is 3.77. The van der Waals surface area contributed by atoms with Gasteiger partial charge in [0.15, 0.2) is 0 Å². The smallest absolute Gasteiger partial charge is 0.352 e. The summed E-state index contributed by atoms with van der Waals surface area (Å²) >= 11 is 5.91. The highest BCUT2D eigenvalue weighted by Gasteiger charge is 2.14. The van der Waals surface area contributed by atoms with E-state index in [1.54, 1.807) is 6.07 Å². The summed E-state index contributed by atoms with van der Waals surface area (Å²) in [6.07, 6.45) is 0.696. The van der Waals surface area contributed by atoms with Crippen LogP contribution in [0.4, 0.5) is 0 Å². The Hall–Kier alpha value is -2.52. The maximum absolute atomic E-state index is 11.5. The number of carbonyl (C=O) groups is 1. The van der Waals surface area contributed by atoms with Crippen molar-refractivity contribution in [2.75, 3.05) is 0 Å². The van der Waals surface area contributed by atoms with Gasteiger partial charge in [0, 0.05) is 23.7 Å². The van der Waals surface area contributed by atoms with Crippen molar-refractivity contribution in [3.05, 3.63) is 94.3 Å². The standard InChI is InChI=1S/C19H16ClNO2/c20-16-8-6-15(7-9-16)13-21-17(10-11-18(21)19(22)23)12-14-4-2-1-3-5-14/h1-11H,12-13H2,(H,22,23). The first-order chi connectivity index (χ1) is 11.1. The Bertz CT molecular complexity index is 807. The van der Waals surface area contributed by atoms with Crippen LogP contribution in [0.25, 0.3) is 0 Å². The topological polar surface area (TPSA) is 42.2 Å². The fraction of sp³-hybridized carbons (Fsp3) is 0.105. The van der Waals surface area contributed by atoms with Crippen molar-refractivity contribution in [2.45, 2.75) is 13.0 Å². The highest BCUT2D eigenvalue weighted by atomic mass is 35.5. The van der Waals surface area contributed by atoms with Crippen molar-refractivity contribution < 1.29 is 9.90 Å². The van der Waals surface area contributed by atoms with Crippen molar-refractivity contribution in [3.8, 4) is 0 Å². The van der Waals surface area contributed by atoms with E-state index in [9.17, 15) is 9.90 Å². The van der Waals surface area contributed by atoms with Gasteiger partial charge in [-0.1, -0.05) is 54.1 Å². The molecule has 0 spiro atoms. The Morgan fingerprint density at radius 2 is 1.61 bits per heavy atom. The van der Waals surface area contributed by atoms with Crippen LogP contribution in [-0.4, -0.2) is 15.6 Å². The first kappa shape index (κ1) is 15.4. The lowest BCUT2D eigenvalue weighted by Crippen LogP contribution is -2.12. The van der Waals surface area contributed by atoms with E-state index < -0.39 is 5.97 Å². The quantitative estimate of drug-likeness (QED) is 0.751. The summed E-state index contributed by atoms with van der Waals surface area (Å²) in [4.78, 5) is 11.5. The molecule has 0 saturated heterocycles. The van der Waals surface area contributed by atoms with E-state index >= 15 is 0 Å². The normalized spacial score (nSPS) is 10.7. The average molecular weight is 326 g/mol. The van der Waals surface area contributed by atoms with Crippen molar-refractivity contribution in [3.63, 3.8) is 0 Å². The van der Waals surface area contributed by atoms with E-state index in [0.29, 0.717) is 23.7 Å². The molecule has 0 aliphatic rings. The molecule has 1 heterocycles. The van der Waals surface area contributed by atoms with Crippen molar-refractivity contribution in [2.24, 2.45) is 0 Å². The van der Waals surface area contributed by atoms with Crippen LogP contribution in [0, 0.1) is 0 Å². The number of carboxylic acid groups (broad SMARTS) is 1. The average Bonchev–Trinajstić information content (AvgIpc) is 2.93. The van der Waals surface area contributed by atoms with Gasteiger partial charge in [-0.25, -0.2) is 4.79 Å². The van der Waals surface area contributed by atoms with Crippen LogP contribution in [0.5, 0.6) is 0 Å². The summed E-state index contributed by atoms with van der Waals surface area (Å²) in [7, 11) is 0. The fourth-order valence-electron chi connectivity index (χ4n) is 2.61. The second-order valence-electron chi connectivity index (χ2n) is 5.39. The Kier molecular flexibility index (Phi) is 4.49. The van der Waals surface area contributed by atoms with Crippen LogP contribution < -0.4 is 0 Å². The number of rotatable bonds is 5.